The van der Waals surface area contributed by atoms with Crippen molar-refractivity contribution in [2.75, 3.05) is 18.5 Å². The summed E-state index contributed by atoms with van der Waals surface area (Å²) in [7, 11) is 0. The molecule has 2 fully saturated rings. The number of rotatable bonds is 2. The largest absolute Gasteiger partial charge is 0.376 e. The third-order valence-corrected chi connectivity index (χ3v) is 3.86. The van der Waals surface area contributed by atoms with Gasteiger partial charge in [-0.15, -0.1) is 0 Å². The van der Waals surface area contributed by atoms with Gasteiger partial charge in [0.2, 0.25) is 5.91 Å². The summed E-state index contributed by atoms with van der Waals surface area (Å²) in [6, 6.07) is 0.343. The minimum atomic E-state index is 0.215. The lowest BCUT2D eigenvalue weighted by Gasteiger charge is -2.33. The van der Waals surface area contributed by atoms with Gasteiger partial charge in [0, 0.05) is 13.2 Å². The molecule has 0 aromatic carbocycles. The van der Waals surface area contributed by atoms with E-state index in [9.17, 15) is 4.79 Å². The van der Waals surface area contributed by atoms with Gasteiger partial charge in [0.05, 0.1) is 17.5 Å². The van der Waals surface area contributed by atoms with E-state index in [4.69, 9.17) is 4.74 Å². The number of halogens is 1. The Balaban J connectivity index is 1.97. The van der Waals surface area contributed by atoms with Crippen LogP contribution in [-0.4, -0.2) is 41.4 Å². The molecule has 2 atom stereocenters. The van der Waals surface area contributed by atoms with Gasteiger partial charge in [-0.2, -0.15) is 0 Å². The first kappa shape index (κ1) is 11.4. The summed E-state index contributed by atoms with van der Waals surface area (Å²) in [5.74, 6) is 0.215. The molecule has 0 aliphatic carbocycles. The zero-order valence-corrected chi connectivity index (χ0v) is 10.5. The lowest BCUT2D eigenvalue weighted by molar-refractivity contribution is -0.133. The zero-order chi connectivity index (χ0) is 10.7. The van der Waals surface area contributed by atoms with Gasteiger partial charge in [-0.3, -0.25) is 4.79 Å². The second-order valence-corrected chi connectivity index (χ2v) is 4.90. The van der Waals surface area contributed by atoms with Crippen LogP contribution in [0.5, 0.6) is 0 Å². The number of carbonyl (C=O) groups is 1. The topological polar surface area (TPSA) is 29.5 Å². The molecule has 0 saturated carbocycles. The predicted octanol–water partition coefficient (Wildman–Crippen LogP) is 1.94. The molecule has 2 rings (SSSR count). The Morgan fingerprint density at radius 1 is 1.33 bits per heavy atom. The monoisotopic (exact) mass is 275 g/mol. The van der Waals surface area contributed by atoms with Crippen LogP contribution in [0.1, 0.15) is 32.1 Å². The van der Waals surface area contributed by atoms with Gasteiger partial charge in [-0.1, -0.05) is 15.9 Å². The maximum atomic E-state index is 11.7. The number of hydrogen-bond acceptors (Lipinski definition) is 2. The smallest absolute Gasteiger partial charge is 0.233 e. The maximum absolute atomic E-state index is 11.7. The first-order chi connectivity index (χ1) is 7.33. The van der Waals surface area contributed by atoms with Crippen molar-refractivity contribution in [2.24, 2.45) is 0 Å². The number of carbonyl (C=O) groups excluding carboxylic acids is 1. The quantitative estimate of drug-likeness (QED) is 0.721. The molecule has 0 radical (unpaired) electrons. The first-order valence-electron chi connectivity index (χ1n) is 5.80. The zero-order valence-electron chi connectivity index (χ0n) is 8.95. The molecule has 3 nitrogen and oxygen atoms in total. The fraction of sp³-hybridized carbons (Fsp3) is 0.909. The molecule has 1 amide bonds. The molecule has 4 heteroatoms. The Morgan fingerprint density at radius 3 is 2.87 bits per heavy atom. The van der Waals surface area contributed by atoms with Crippen LogP contribution in [0.3, 0.4) is 0 Å². The lowest BCUT2D eigenvalue weighted by Crippen LogP contribution is -2.45. The van der Waals surface area contributed by atoms with E-state index in [2.05, 4.69) is 15.9 Å². The van der Waals surface area contributed by atoms with Crippen molar-refractivity contribution in [3.8, 4) is 0 Å². The standard InChI is InChI=1S/C11H18BrNO2/c12-8-11(14)13-6-3-4-9(13)10-5-1-2-7-15-10/h9-10H,1-8H2. The van der Waals surface area contributed by atoms with Crippen LogP contribution in [0.2, 0.25) is 0 Å². The van der Waals surface area contributed by atoms with Crippen LogP contribution in [0.25, 0.3) is 0 Å². The average molecular weight is 276 g/mol. The SMILES string of the molecule is O=C(CBr)N1CCCC1C1CCCCO1. The Kier molecular flexibility index (Phi) is 4.03. The highest BCUT2D eigenvalue weighted by molar-refractivity contribution is 9.09. The van der Waals surface area contributed by atoms with Gasteiger partial charge in [0.1, 0.15) is 0 Å². The Morgan fingerprint density at radius 2 is 2.20 bits per heavy atom. The second kappa shape index (κ2) is 5.30. The fourth-order valence-electron chi connectivity index (χ4n) is 2.63. The minimum absolute atomic E-state index is 0.215. The Labute approximate surface area is 99.3 Å². The molecule has 0 aromatic heterocycles. The number of likely N-dealkylation sites (tertiary alicyclic amines) is 1. The number of ether oxygens (including phenoxy) is 1. The summed E-state index contributed by atoms with van der Waals surface area (Å²) < 4.78 is 5.78. The molecular weight excluding hydrogens is 258 g/mol. The van der Waals surface area contributed by atoms with Crippen molar-refractivity contribution in [1.29, 1.82) is 0 Å². The van der Waals surface area contributed by atoms with Gasteiger partial charge in [-0.25, -0.2) is 0 Å². The van der Waals surface area contributed by atoms with Crippen LogP contribution in [-0.2, 0) is 9.53 Å². The van der Waals surface area contributed by atoms with Gasteiger partial charge in [0.15, 0.2) is 0 Å². The summed E-state index contributed by atoms with van der Waals surface area (Å²) in [6.45, 7) is 1.78. The van der Waals surface area contributed by atoms with Crippen LogP contribution in [0.4, 0.5) is 0 Å². The number of alkyl halides is 1. The van der Waals surface area contributed by atoms with Gasteiger partial charge in [0.25, 0.3) is 0 Å². The van der Waals surface area contributed by atoms with Crippen molar-refractivity contribution < 1.29 is 9.53 Å². The molecular formula is C11H18BrNO2. The van der Waals surface area contributed by atoms with Gasteiger partial charge < -0.3 is 9.64 Å². The lowest BCUT2D eigenvalue weighted by atomic mass is 10.0. The van der Waals surface area contributed by atoms with E-state index in [0.717, 1.165) is 32.4 Å². The number of amides is 1. The normalized spacial score (nSPS) is 31.9. The molecule has 2 aliphatic heterocycles. The van der Waals surface area contributed by atoms with E-state index < -0.39 is 0 Å². The Bertz CT molecular complexity index is 229. The van der Waals surface area contributed by atoms with Gasteiger partial charge >= 0.3 is 0 Å². The fourth-order valence-corrected chi connectivity index (χ4v) is 2.96. The van der Waals surface area contributed by atoms with E-state index in [1.54, 1.807) is 0 Å². The first-order valence-corrected chi connectivity index (χ1v) is 6.92. The second-order valence-electron chi connectivity index (χ2n) is 4.34. The van der Waals surface area contributed by atoms with Crippen LogP contribution < -0.4 is 0 Å². The third-order valence-electron chi connectivity index (χ3n) is 3.38. The average Bonchev–Trinajstić information content (AvgIpc) is 2.78. The van der Waals surface area contributed by atoms with E-state index in [0.29, 0.717) is 17.5 Å². The summed E-state index contributed by atoms with van der Waals surface area (Å²) in [5.41, 5.74) is 0. The molecule has 86 valence electrons. The highest BCUT2D eigenvalue weighted by Gasteiger charge is 2.35. The van der Waals surface area contributed by atoms with Crippen molar-refractivity contribution in [1.82, 2.24) is 4.90 Å². The number of nitrogens with zero attached hydrogens (tertiary/aromatic N) is 1. The molecule has 2 aliphatic rings. The van der Waals surface area contributed by atoms with Crippen molar-refractivity contribution in [3.63, 3.8) is 0 Å². The molecule has 2 heterocycles. The predicted molar refractivity (Wildman–Crippen MR) is 62.1 cm³/mol. The molecule has 0 bridgehead atoms. The van der Waals surface area contributed by atoms with Crippen LogP contribution >= 0.6 is 15.9 Å². The highest BCUT2D eigenvalue weighted by atomic mass is 79.9. The minimum Gasteiger partial charge on any atom is -0.376 e. The summed E-state index contributed by atoms with van der Waals surface area (Å²) in [5, 5.41) is 0.441. The van der Waals surface area contributed by atoms with Crippen LogP contribution in [0, 0.1) is 0 Å². The van der Waals surface area contributed by atoms with Crippen molar-refractivity contribution in [3.05, 3.63) is 0 Å². The Hall–Kier alpha value is -0.0900. The van der Waals surface area contributed by atoms with E-state index in [-0.39, 0.29) is 5.91 Å². The summed E-state index contributed by atoms with van der Waals surface area (Å²) in [6.07, 6.45) is 6.08. The molecule has 0 spiro atoms. The molecule has 2 unspecified atom stereocenters. The summed E-state index contributed by atoms with van der Waals surface area (Å²) >= 11 is 3.24. The maximum Gasteiger partial charge on any atom is 0.233 e. The van der Waals surface area contributed by atoms with E-state index >= 15 is 0 Å². The van der Waals surface area contributed by atoms with Crippen molar-refractivity contribution in [2.45, 2.75) is 44.2 Å². The number of hydrogen-bond donors (Lipinski definition) is 0. The molecule has 0 aromatic rings. The molecule has 0 N–H and O–H groups in total. The van der Waals surface area contributed by atoms with E-state index in [1.807, 2.05) is 4.90 Å². The van der Waals surface area contributed by atoms with E-state index in [1.165, 1.54) is 12.8 Å². The van der Waals surface area contributed by atoms with Gasteiger partial charge in [-0.05, 0) is 32.1 Å². The van der Waals surface area contributed by atoms with Crippen LogP contribution in [0.15, 0.2) is 0 Å². The molecule has 2 saturated heterocycles. The highest BCUT2D eigenvalue weighted by Crippen LogP contribution is 2.27. The molecule has 15 heavy (non-hydrogen) atoms. The van der Waals surface area contributed by atoms with Crippen molar-refractivity contribution >= 4 is 21.8 Å². The summed E-state index contributed by atoms with van der Waals surface area (Å²) in [4.78, 5) is 13.7. The third kappa shape index (κ3) is 2.53.